The third-order valence-electron chi connectivity index (χ3n) is 1.82. The van der Waals surface area contributed by atoms with Crippen LogP contribution in [-0.2, 0) is 4.74 Å². The van der Waals surface area contributed by atoms with Crippen molar-refractivity contribution in [2.24, 2.45) is 0 Å². The van der Waals surface area contributed by atoms with Gasteiger partial charge in [0, 0.05) is 24.6 Å². The normalized spacial score (nSPS) is 12.1. The van der Waals surface area contributed by atoms with Gasteiger partial charge in [0.15, 0.2) is 0 Å². The summed E-state index contributed by atoms with van der Waals surface area (Å²) in [6.07, 6.45) is 0. The number of nitrogens with zero attached hydrogens (tertiary/aromatic N) is 1. The van der Waals surface area contributed by atoms with Gasteiger partial charge < -0.3 is 10.1 Å². The van der Waals surface area contributed by atoms with E-state index in [2.05, 4.69) is 5.32 Å². The average Bonchev–Trinajstić information content (AvgIpc) is 2.66. The predicted octanol–water partition coefficient (Wildman–Crippen LogP) is 1.42. The number of hydrogen-bond acceptors (Lipinski definition) is 5. The zero-order chi connectivity index (χ0) is 12.1. The van der Waals surface area contributed by atoms with Gasteiger partial charge in [-0.2, -0.15) is 0 Å². The van der Waals surface area contributed by atoms with E-state index in [4.69, 9.17) is 4.74 Å². The highest BCUT2D eigenvalue weighted by Gasteiger charge is 2.16. The Morgan fingerprint density at radius 3 is 2.94 bits per heavy atom. The molecular formula is C9H12N2O4S. The lowest BCUT2D eigenvalue weighted by molar-refractivity contribution is -0.380. The molecule has 0 aliphatic rings. The monoisotopic (exact) mass is 244 g/mol. The highest BCUT2D eigenvalue weighted by molar-refractivity contribution is 7.13. The Morgan fingerprint density at radius 1 is 1.75 bits per heavy atom. The van der Waals surface area contributed by atoms with Gasteiger partial charge in [0.1, 0.15) is 0 Å². The molecule has 0 aliphatic carbocycles. The third kappa shape index (κ3) is 3.28. The summed E-state index contributed by atoms with van der Waals surface area (Å²) in [7, 11) is 1.54. The van der Waals surface area contributed by atoms with Gasteiger partial charge in [-0.25, -0.2) is 0 Å². The number of thiophene rings is 1. The predicted molar refractivity (Wildman–Crippen MR) is 59.8 cm³/mol. The number of carbonyl (C=O) groups is 1. The molecule has 1 N–H and O–H groups in total. The number of rotatable bonds is 5. The molecule has 7 heteroatoms. The molecule has 6 nitrogen and oxygen atoms in total. The van der Waals surface area contributed by atoms with E-state index in [-0.39, 0.29) is 17.0 Å². The van der Waals surface area contributed by atoms with Gasteiger partial charge in [0.05, 0.1) is 17.1 Å². The summed E-state index contributed by atoms with van der Waals surface area (Å²) in [5.41, 5.74) is 0.305. The lowest BCUT2D eigenvalue weighted by Crippen LogP contribution is -2.35. The fourth-order valence-electron chi connectivity index (χ4n) is 1.14. The topological polar surface area (TPSA) is 81.5 Å². The molecule has 0 saturated heterocycles. The van der Waals surface area contributed by atoms with Crippen molar-refractivity contribution in [2.45, 2.75) is 13.0 Å². The zero-order valence-corrected chi connectivity index (χ0v) is 9.74. The fourth-order valence-corrected chi connectivity index (χ4v) is 1.84. The van der Waals surface area contributed by atoms with Crippen LogP contribution in [0.25, 0.3) is 0 Å². The number of nitro groups is 1. The highest BCUT2D eigenvalue weighted by Crippen LogP contribution is 2.22. The molecule has 0 saturated carbocycles. The second-order valence-corrected chi connectivity index (χ2v) is 4.15. The minimum atomic E-state index is -0.514. The SMILES string of the molecule is COC[C@H](C)NC(=O)c1csc([N+](=O)[O-])c1. The van der Waals surface area contributed by atoms with Crippen LogP contribution in [0, 0.1) is 10.1 Å². The van der Waals surface area contributed by atoms with E-state index in [1.165, 1.54) is 18.6 Å². The molecule has 0 bridgehead atoms. The van der Waals surface area contributed by atoms with Crippen LogP contribution in [0.5, 0.6) is 0 Å². The van der Waals surface area contributed by atoms with Crippen LogP contribution in [0.2, 0.25) is 0 Å². The molecule has 0 radical (unpaired) electrons. The molecule has 0 aliphatic heterocycles. The summed E-state index contributed by atoms with van der Waals surface area (Å²) in [6, 6.07) is 1.14. The molecule has 0 fully saturated rings. The van der Waals surface area contributed by atoms with Crippen LogP contribution in [0.15, 0.2) is 11.4 Å². The average molecular weight is 244 g/mol. The van der Waals surface area contributed by atoms with Crippen LogP contribution < -0.4 is 5.32 Å². The lowest BCUT2D eigenvalue weighted by atomic mass is 10.3. The second kappa shape index (κ2) is 5.57. The van der Waals surface area contributed by atoms with E-state index < -0.39 is 4.92 Å². The molecule has 1 atom stereocenters. The maximum Gasteiger partial charge on any atom is 0.324 e. The van der Waals surface area contributed by atoms with Gasteiger partial charge in [-0.05, 0) is 6.92 Å². The van der Waals surface area contributed by atoms with Crippen molar-refractivity contribution in [1.82, 2.24) is 5.32 Å². The van der Waals surface area contributed by atoms with Crippen LogP contribution in [0.4, 0.5) is 5.00 Å². The van der Waals surface area contributed by atoms with Crippen molar-refractivity contribution in [3.63, 3.8) is 0 Å². The molecular weight excluding hydrogens is 232 g/mol. The summed E-state index contributed by atoms with van der Waals surface area (Å²) < 4.78 is 4.86. The number of hydrogen-bond donors (Lipinski definition) is 1. The second-order valence-electron chi connectivity index (χ2n) is 3.26. The molecule has 88 valence electrons. The summed E-state index contributed by atoms with van der Waals surface area (Å²) in [4.78, 5) is 21.5. The van der Waals surface area contributed by atoms with Gasteiger partial charge in [0.2, 0.25) is 0 Å². The van der Waals surface area contributed by atoms with Crippen LogP contribution in [0.1, 0.15) is 17.3 Å². The molecule has 1 rings (SSSR count). The van der Waals surface area contributed by atoms with Gasteiger partial charge in [-0.3, -0.25) is 14.9 Å². The van der Waals surface area contributed by atoms with Crippen LogP contribution in [0.3, 0.4) is 0 Å². The smallest absolute Gasteiger partial charge is 0.324 e. The van der Waals surface area contributed by atoms with E-state index in [9.17, 15) is 14.9 Å². The number of amides is 1. The summed E-state index contributed by atoms with van der Waals surface area (Å²) in [6.45, 7) is 2.19. The first-order valence-corrected chi connectivity index (χ1v) is 5.45. The first-order valence-electron chi connectivity index (χ1n) is 4.57. The van der Waals surface area contributed by atoms with Crippen LogP contribution >= 0.6 is 11.3 Å². The number of carbonyl (C=O) groups excluding carboxylic acids is 1. The van der Waals surface area contributed by atoms with E-state index in [0.29, 0.717) is 12.2 Å². The maximum atomic E-state index is 11.6. The maximum absolute atomic E-state index is 11.6. The van der Waals surface area contributed by atoms with Gasteiger partial charge in [0.25, 0.3) is 5.91 Å². The van der Waals surface area contributed by atoms with Crippen molar-refractivity contribution >= 4 is 22.2 Å². The number of ether oxygens (including phenoxy) is 1. The molecule has 1 aromatic heterocycles. The third-order valence-corrected chi connectivity index (χ3v) is 2.70. The van der Waals surface area contributed by atoms with Crippen molar-refractivity contribution in [2.75, 3.05) is 13.7 Å². The first kappa shape index (κ1) is 12.6. The zero-order valence-electron chi connectivity index (χ0n) is 8.93. The van der Waals surface area contributed by atoms with Crippen LogP contribution in [-0.4, -0.2) is 30.6 Å². The molecule has 0 spiro atoms. The summed E-state index contributed by atoms with van der Waals surface area (Å²) in [5, 5.41) is 14.5. The minimum absolute atomic E-state index is 0.0375. The van der Waals surface area contributed by atoms with E-state index in [1.807, 2.05) is 0 Å². The standard InChI is InChI=1S/C9H12N2O4S/c1-6(4-15-2)10-9(12)7-3-8(11(13)14)16-5-7/h3,5-6H,4H2,1-2H3,(H,10,12)/t6-/m0/s1. The van der Waals surface area contributed by atoms with E-state index in [1.54, 1.807) is 6.92 Å². The molecule has 0 unspecified atom stereocenters. The largest absolute Gasteiger partial charge is 0.383 e. The minimum Gasteiger partial charge on any atom is -0.383 e. The fraction of sp³-hybridized carbons (Fsp3) is 0.444. The van der Waals surface area contributed by atoms with Gasteiger partial charge in [-0.15, -0.1) is 0 Å². The Kier molecular flexibility index (Phi) is 4.39. The van der Waals surface area contributed by atoms with E-state index >= 15 is 0 Å². The van der Waals surface area contributed by atoms with Crippen molar-refractivity contribution in [1.29, 1.82) is 0 Å². The Morgan fingerprint density at radius 2 is 2.44 bits per heavy atom. The Labute approximate surface area is 96.4 Å². The molecule has 0 aromatic carbocycles. The van der Waals surface area contributed by atoms with Crippen molar-refractivity contribution in [3.05, 3.63) is 27.1 Å². The Hall–Kier alpha value is -1.47. The molecule has 16 heavy (non-hydrogen) atoms. The molecule has 1 heterocycles. The van der Waals surface area contributed by atoms with Gasteiger partial charge >= 0.3 is 5.00 Å². The summed E-state index contributed by atoms with van der Waals surface area (Å²) >= 11 is 0.935. The Balaban J connectivity index is 2.62. The van der Waals surface area contributed by atoms with E-state index in [0.717, 1.165) is 11.3 Å². The van der Waals surface area contributed by atoms with Crippen molar-refractivity contribution < 1.29 is 14.5 Å². The number of methoxy groups -OCH3 is 1. The molecule has 1 aromatic rings. The summed E-state index contributed by atoms with van der Waals surface area (Å²) in [5.74, 6) is -0.325. The number of nitrogens with one attached hydrogen (secondary N) is 1. The van der Waals surface area contributed by atoms with Crippen molar-refractivity contribution in [3.8, 4) is 0 Å². The lowest BCUT2D eigenvalue weighted by Gasteiger charge is -2.11. The Bertz CT molecular complexity index is 391. The highest BCUT2D eigenvalue weighted by atomic mass is 32.1. The quantitative estimate of drug-likeness (QED) is 0.627. The first-order chi connectivity index (χ1) is 7.54. The van der Waals surface area contributed by atoms with Gasteiger partial charge in [-0.1, -0.05) is 11.3 Å². The molecule has 1 amide bonds.